The molecule has 0 fully saturated rings. The van der Waals surface area contributed by atoms with Gasteiger partial charge in [0.2, 0.25) is 0 Å². The van der Waals surface area contributed by atoms with Gasteiger partial charge < -0.3 is 28.8 Å². The molecule has 0 bridgehead atoms. The Labute approximate surface area is 179 Å². The Balaban J connectivity index is 1.76. The summed E-state index contributed by atoms with van der Waals surface area (Å²) in [6.45, 7) is 0.470. The van der Waals surface area contributed by atoms with E-state index < -0.39 is 18.0 Å². The van der Waals surface area contributed by atoms with Gasteiger partial charge in [-0.25, -0.2) is 14.6 Å². The Kier molecular flexibility index (Phi) is 7.23. The molecule has 1 unspecified atom stereocenters. The zero-order chi connectivity index (χ0) is 22.2. The van der Waals surface area contributed by atoms with E-state index in [-0.39, 0.29) is 17.9 Å². The van der Waals surface area contributed by atoms with Gasteiger partial charge in [-0.05, 0) is 36.4 Å². The summed E-state index contributed by atoms with van der Waals surface area (Å²) in [4.78, 5) is 30.1. The standard InChI is InChI=1S/C22H23N3O6/c1-29-21(27)19-5-3-4-11-25(20(19)22(28)30-2)16-6-8-18(9-7-16)31-14-17(26)13-24-12-10-23-15-24/h3-12,15,17,26H,13-14H2,1-2H3. The predicted molar refractivity (Wildman–Crippen MR) is 112 cm³/mol. The highest BCUT2D eigenvalue weighted by molar-refractivity contribution is 6.05. The molecule has 1 aliphatic heterocycles. The Hall–Kier alpha value is -3.85. The maximum absolute atomic E-state index is 12.5. The van der Waals surface area contributed by atoms with Crippen LogP contribution in [-0.4, -0.2) is 53.5 Å². The molecule has 1 N–H and O–H groups in total. The lowest BCUT2D eigenvalue weighted by Crippen LogP contribution is -2.27. The second kappa shape index (κ2) is 10.3. The molecule has 0 amide bonds. The number of benzene rings is 1. The van der Waals surface area contributed by atoms with Gasteiger partial charge in [-0.3, -0.25) is 0 Å². The fourth-order valence-corrected chi connectivity index (χ4v) is 2.95. The van der Waals surface area contributed by atoms with E-state index in [4.69, 9.17) is 14.2 Å². The van der Waals surface area contributed by atoms with Crippen LogP contribution in [0.3, 0.4) is 0 Å². The van der Waals surface area contributed by atoms with E-state index in [9.17, 15) is 14.7 Å². The summed E-state index contributed by atoms with van der Waals surface area (Å²) in [5.74, 6) is -0.793. The molecule has 3 rings (SSSR count). The summed E-state index contributed by atoms with van der Waals surface area (Å²) in [6.07, 6.45) is 10.8. The van der Waals surface area contributed by atoms with Crippen molar-refractivity contribution >= 4 is 17.6 Å². The summed E-state index contributed by atoms with van der Waals surface area (Å²) < 4.78 is 17.1. The number of aliphatic hydroxyl groups excluding tert-OH is 1. The quantitative estimate of drug-likeness (QED) is 0.639. The molecule has 1 atom stereocenters. The van der Waals surface area contributed by atoms with Gasteiger partial charge >= 0.3 is 11.9 Å². The first-order chi connectivity index (χ1) is 15.0. The highest BCUT2D eigenvalue weighted by Gasteiger charge is 2.27. The lowest BCUT2D eigenvalue weighted by Gasteiger charge is -2.23. The third-order valence-electron chi connectivity index (χ3n) is 4.43. The number of anilines is 1. The monoisotopic (exact) mass is 425 g/mol. The molecule has 2 aromatic rings. The Morgan fingerprint density at radius 1 is 1.10 bits per heavy atom. The molecule has 31 heavy (non-hydrogen) atoms. The summed E-state index contributed by atoms with van der Waals surface area (Å²) in [5, 5.41) is 10.1. The van der Waals surface area contributed by atoms with Crippen LogP contribution in [-0.2, 0) is 25.6 Å². The van der Waals surface area contributed by atoms with Gasteiger partial charge in [0.25, 0.3) is 0 Å². The Bertz CT molecular complexity index is 993. The van der Waals surface area contributed by atoms with Crippen LogP contribution in [0.25, 0.3) is 0 Å². The summed E-state index contributed by atoms with van der Waals surface area (Å²) in [5.41, 5.74) is 0.708. The number of carbonyl (C=O) groups is 2. The molecular formula is C22H23N3O6. The van der Waals surface area contributed by atoms with Crippen LogP contribution in [0.2, 0.25) is 0 Å². The molecule has 0 spiro atoms. The Morgan fingerprint density at radius 3 is 2.48 bits per heavy atom. The third kappa shape index (κ3) is 5.40. The number of imidazole rings is 1. The zero-order valence-electron chi connectivity index (χ0n) is 17.2. The minimum Gasteiger partial charge on any atom is -0.491 e. The van der Waals surface area contributed by atoms with Gasteiger partial charge in [0.15, 0.2) is 0 Å². The third-order valence-corrected chi connectivity index (χ3v) is 4.43. The molecule has 0 saturated carbocycles. The average molecular weight is 425 g/mol. The number of hydrogen-bond donors (Lipinski definition) is 1. The van der Waals surface area contributed by atoms with E-state index in [1.807, 2.05) is 0 Å². The molecule has 1 aromatic heterocycles. The van der Waals surface area contributed by atoms with E-state index in [0.29, 0.717) is 18.0 Å². The normalized spacial score (nSPS) is 14.2. The van der Waals surface area contributed by atoms with Crippen molar-refractivity contribution in [3.05, 3.63) is 78.7 Å². The first-order valence-corrected chi connectivity index (χ1v) is 9.45. The highest BCUT2D eigenvalue weighted by Crippen LogP contribution is 2.28. The minimum absolute atomic E-state index is 0.0313. The fraction of sp³-hybridized carbons (Fsp3) is 0.227. The van der Waals surface area contributed by atoms with Crippen molar-refractivity contribution in [3.8, 4) is 5.75 Å². The van der Waals surface area contributed by atoms with E-state index in [1.165, 1.54) is 25.2 Å². The lowest BCUT2D eigenvalue weighted by molar-refractivity contribution is -0.139. The van der Waals surface area contributed by atoms with Crippen LogP contribution in [0.4, 0.5) is 5.69 Å². The van der Waals surface area contributed by atoms with Crippen LogP contribution >= 0.6 is 0 Å². The first kappa shape index (κ1) is 21.8. The van der Waals surface area contributed by atoms with E-state index in [2.05, 4.69) is 4.98 Å². The van der Waals surface area contributed by atoms with E-state index in [0.717, 1.165) is 0 Å². The number of methoxy groups -OCH3 is 2. The molecule has 0 saturated heterocycles. The van der Waals surface area contributed by atoms with Crippen molar-refractivity contribution in [1.82, 2.24) is 9.55 Å². The van der Waals surface area contributed by atoms with Gasteiger partial charge in [-0.1, -0.05) is 6.08 Å². The average Bonchev–Trinajstić information content (AvgIpc) is 3.20. The van der Waals surface area contributed by atoms with Gasteiger partial charge in [0.1, 0.15) is 24.2 Å². The molecular weight excluding hydrogens is 402 g/mol. The first-order valence-electron chi connectivity index (χ1n) is 9.45. The summed E-state index contributed by atoms with van der Waals surface area (Å²) in [7, 11) is 2.49. The van der Waals surface area contributed by atoms with Crippen LogP contribution in [0.5, 0.6) is 5.75 Å². The number of allylic oxidation sites excluding steroid dienone is 2. The van der Waals surface area contributed by atoms with Crippen LogP contribution in [0.15, 0.2) is 78.7 Å². The van der Waals surface area contributed by atoms with Gasteiger partial charge in [0, 0.05) is 24.3 Å². The van der Waals surface area contributed by atoms with Crippen LogP contribution < -0.4 is 9.64 Å². The van der Waals surface area contributed by atoms with Gasteiger partial charge in [0.05, 0.1) is 32.7 Å². The second-order valence-electron chi connectivity index (χ2n) is 6.53. The maximum atomic E-state index is 12.5. The number of ether oxygens (including phenoxy) is 3. The van der Waals surface area contributed by atoms with Gasteiger partial charge in [-0.2, -0.15) is 0 Å². The van der Waals surface area contributed by atoms with E-state index in [1.54, 1.807) is 65.9 Å². The van der Waals surface area contributed by atoms with E-state index >= 15 is 0 Å². The smallest absolute Gasteiger partial charge is 0.355 e. The topological polar surface area (TPSA) is 103 Å². The number of nitrogens with zero attached hydrogens (tertiary/aromatic N) is 3. The van der Waals surface area contributed by atoms with Crippen molar-refractivity contribution in [1.29, 1.82) is 0 Å². The summed E-state index contributed by atoms with van der Waals surface area (Å²) >= 11 is 0. The van der Waals surface area contributed by atoms with Crippen molar-refractivity contribution in [3.63, 3.8) is 0 Å². The molecule has 2 heterocycles. The number of hydrogen-bond acceptors (Lipinski definition) is 8. The highest BCUT2D eigenvalue weighted by atomic mass is 16.5. The second-order valence-corrected chi connectivity index (χ2v) is 6.53. The Morgan fingerprint density at radius 2 is 1.84 bits per heavy atom. The fourth-order valence-electron chi connectivity index (χ4n) is 2.95. The molecule has 1 aliphatic rings. The number of aliphatic hydroxyl groups is 1. The van der Waals surface area contributed by atoms with Crippen molar-refractivity contribution in [2.24, 2.45) is 0 Å². The molecule has 1 aromatic carbocycles. The molecule has 162 valence electrons. The maximum Gasteiger partial charge on any atom is 0.355 e. The van der Waals surface area contributed by atoms with Crippen molar-refractivity contribution in [2.45, 2.75) is 12.6 Å². The molecule has 9 nitrogen and oxygen atoms in total. The van der Waals surface area contributed by atoms with Crippen LogP contribution in [0.1, 0.15) is 0 Å². The molecule has 0 radical (unpaired) electrons. The SMILES string of the molecule is COC(=O)C1=C(C(=O)OC)N(c2ccc(OCC(O)Cn3ccnc3)cc2)C=CC=C1. The number of esters is 2. The lowest BCUT2D eigenvalue weighted by atomic mass is 10.1. The predicted octanol–water partition coefficient (Wildman–Crippen LogP) is 1.81. The minimum atomic E-state index is -0.704. The van der Waals surface area contributed by atoms with Crippen molar-refractivity contribution in [2.75, 3.05) is 25.7 Å². The van der Waals surface area contributed by atoms with Gasteiger partial charge in [-0.15, -0.1) is 0 Å². The number of carbonyl (C=O) groups excluding carboxylic acids is 2. The zero-order valence-corrected chi connectivity index (χ0v) is 17.2. The largest absolute Gasteiger partial charge is 0.491 e. The molecule has 0 aliphatic carbocycles. The summed E-state index contributed by atoms with van der Waals surface area (Å²) in [6, 6.07) is 6.87. The number of rotatable bonds is 8. The molecule has 9 heteroatoms. The number of aromatic nitrogens is 2. The van der Waals surface area contributed by atoms with Crippen molar-refractivity contribution < 1.29 is 28.9 Å². The van der Waals surface area contributed by atoms with Crippen LogP contribution in [0, 0.1) is 0 Å².